The molecule has 1 amide bonds. The van der Waals surface area contributed by atoms with E-state index in [0.717, 1.165) is 6.54 Å². The highest BCUT2D eigenvalue weighted by atomic mass is 16.1. The summed E-state index contributed by atoms with van der Waals surface area (Å²) in [6.07, 6.45) is 10.2. The zero-order valence-corrected chi connectivity index (χ0v) is 11.1. The molecule has 0 saturated heterocycles. The predicted octanol–water partition coefficient (Wildman–Crippen LogP) is 2.22. The van der Waals surface area contributed by atoms with Crippen molar-refractivity contribution in [1.29, 1.82) is 0 Å². The third kappa shape index (κ3) is 3.98. The van der Waals surface area contributed by atoms with E-state index in [0.29, 0.717) is 18.0 Å². The number of amides is 1. The van der Waals surface area contributed by atoms with Gasteiger partial charge in [-0.3, -0.25) is 4.79 Å². The average molecular weight is 238 g/mol. The van der Waals surface area contributed by atoms with Crippen LogP contribution in [-0.4, -0.2) is 25.0 Å². The second-order valence-electron chi connectivity index (χ2n) is 5.90. The fraction of sp³-hybridized carbons (Fsp3) is 0.929. The van der Waals surface area contributed by atoms with Crippen molar-refractivity contribution in [2.24, 2.45) is 5.41 Å². The van der Waals surface area contributed by atoms with Gasteiger partial charge in [-0.2, -0.15) is 0 Å². The second-order valence-corrected chi connectivity index (χ2v) is 5.90. The van der Waals surface area contributed by atoms with E-state index in [4.69, 9.17) is 0 Å². The van der Waals surface area contributed by atoms with Crippen LogP contribution in [0.3, 0.4) is 0 Å². The number of hydrogen-bond donors (Lipinski definition) is 2. The maximum absolute atomic E-state index is 11.7. The van der Waals surface area contributed by atoms with Gasteiger partial charge in [-0.15, -0.1) is 0 Å². The molecule has 2 saturated carbocycles. The van der Waals surface area contributed by atoms with Crippen LogP contribution in [0.2, 0.25) is 0 Å². The Morgan fingerprint density at radius 1 is 1.29 bits per heavy atom. The van der Waals surface area contributed by atoms with Crippen molar-refractivity contribution in [3.8, 4) is 0 Å². The fourth-order valence-corrected chi connectivity index (χ4v) is 3.01. The summed E-state index contributed by atoms with van der Waals surface area (Å²) in [4.78, 5) is 11.7. The highest BCUT2D eigenvalue weighted by molar-refractivity contribution is 5.78. The summed E-state index contributed by atoms with van der Waals surface area (Å²) >= 11 is 0. The maximum Gasteiger partial charge on any atom is 0.234 e. The van der Waals surface area contributed by atoms with Crippen molar-refractivity contribution in [3.63, 3.8) is 0 Å². The Labute approximate surface area is 105 Å². The zero-order valence-electron chi connectivity index (χ0n) is 11.1. The highest BCUT2D eigenvalue weighted by Gasteiger charge is 2.40. The Bertz CT molecular complexity index is 255. The van der Waals surface area contributed by atoms with Gasteiger partial charge in [-0.25, -0.2) is 0 Å². The molecule has 2 N–H and O–H groups in total. The van der Waals surface area contributed by atoms with Gasteiger partial charge in [0.25, 0.3) is 0 Å². The van der Waals surface area contributed by atoms with E-state index in [1.54, 1.807) is 0 Å². The van der Waals surface area contributed by atoms with Crippen molar-refractivity contribution < 1.29 is 4.79 Å². The summed E-state index contributed by atoms with van der Waals surface area (Å²) in [5.41, 5.74) is 0.544. The molecule has 0 unspecified atom stereocenters. The summed E-state index contributed by atoms with van der Waals surface area (Å²) in [5, 5.41) is 6.45. The van der Waals surface area contributed by atoms with Crippen LogP contribution in [0.15, 0.2) is 0 Å². The van der Waals surface area contributed by atoms with Gasteiger partial charge in [0.2, 0.25) is 5.91 Å². The SMILES string of the molecule is CCCC1(CNCC(=O)NC2CCCC2)CC1. The average Bonchev–Trinajstić information content (AvgIpc) is 2.86. The Balaban J connectivity index is 1.56. The number of carbonyl (C=O) groups excluding carboxylic acids is 1. The molecule has 0 aromatic carbocycles. The lowest BCUT2D eigenvalue weighted by molar-refractivity contribution is -0.120. The van der Waals surface area contributed by atoms with Crippen molar-refractivity contribution in [2.75, 3.05) is 13.1 Å². The summed E-state index contributed by atoms with van der Waals surface area (Å²) in [6.45, 7) is 3.77. The molecule has 98 valence electrons. The van der Waals surface area contributed by atoms with E-state index in [-0.39, 0.29) is 5.91 Å². The number of nitrogens with one attached hydrogen (secondary N) is 2. The van der Waals surface area contributed by atoms with Crippen molar-refractivity contribution in [3.05, 3.63) is 0 Å². The third-order valence-electron chi connectivity index (χ3n) is 4.24. The second kappa shape index (κ2) is 5.85. The van der Waals surface area contributed by atoms with E-state index in [9.17, 15) is 4.79 Å². The lowest BCUT2D eigenvalue weighted by Gasteiger charge is -2.16. The van der Waals surface area contributed by atoms with Crippen LogP contribution < -0.4 is 10.6 Å². The van der Waals surface area contributed by atoms with E-state index < -0.39 is 0 Å². The monoisotopic (exact) mass is 238 g/mol. The van der Waals surface area contributed by atoms with Crippen LogP contribution in [-0.2, 0) is 4.79 Å². The Morgan fingerprint density at radius 2 is 2.00 bits per heavy atom. The lowest BCUT2D eigenvalue weighted by Crippen LogP contribution is -2.40. The summed E-state index contributed by atoms with van der Waals surface area (Å²) in [7, 11) is 0. The normalized spacial score (nSPS) is 22.6. The fourth-order valence-electron chi connectivity index (χ4n) is 3.01. The first kappa shape index (κ1) is 12.9. The Hall–Kier alpha value is -0.570. The Morgan fingerprint density at radius 3 is 2.59 bits per heavy atom. The molecule has 3 heteroatoms. The van der Waals surface area contributed by atoms with Crippen LogP contribution in [0.25, 0.3) is 0 Å². The van der Waals surface area contributed by atoms with Gasteiger partial charge in [0, 0.05) is 12.6 Å². The van der Waals surface area contributed by atoms with E-state index in [1.165, 1.54) is 51.4 Å². The summed E-state index contributed by atoms with van der Waals surface area (Å²) in [5.74, 6) is 0.184. The van der Waals surface area contributed by atoms with E-state index in [1.807, 2.05) is 0 Å². The molecular weight excluding hydrogens is 212 g/mol. The van der Waals surface area contributed by atoms with Crippen molar-refractivity contribution in [1.82, 2.24) is 10.6 Å². The van der Waals surface area contributed by atoms with Gasteiger partial charge in [-0.05, 0) is 37.5 Å². The van der Waals surface area contributed by atoms with Crippen molar-refractivity contribution in [2.45, 2.75) is 64.3 Å². The molecule has 2 aliphatic carbocycles. The van der Waals surface area contributed by atoms with Gasteiger partial charge < -0.3 is 10.6 Å². The van der Waals surface area contributed by atoms with Crippen LogP contribution in [0.5, 0.6) is 0 Å². The molecule has 0 spiro atoms. The first-order valence-electron chi connectivity index (χ1n) is 7.24. The quantitative estimate of drug-likeness (QED) is 0.714. The first-order valence-corrected chi connectivity index (χ1v) is 7.24. The van der Waals surface area contributed by atoms with Crippen LogP contribution >= 0.6 is 0 Å². The highest BCUT2D eigenvalue weighted by Crippen LogP contribution is 2.48. The molecule has 3 nitrogen and oxygen atoms in total. The van der Waals surface area contributed by atoms with Gasteiger partial charge in [0.15, 0.2) is 0 Å². The lowest BCUT2D eigenvalue weighted by atomic mass is 10.0. The molecule has 17 heavy (non-hydrogen) atoms. The minimum absolute atomic E-state index is 0.184. The molecule has 2 fully saturated rings. The van der Waals surface area contributed by atoms with Gasteiger partial charge in [0.05, 0.1) is 6.54 Å². The van der Waals surface area contributed by atoms with Crippen LogP contribution in [0, 0.1) is 5.41 Å². The van der Waals surface area contributed by atoms with Gasteiger partial charge >= 0.3 is 0 Å². The van der Waals surface area contributed by atoms with Gasteiger partial charge in [-0.1, -0.05) is 26.2 Å². The van der Waals surface area contributed by atoms with Crippen molar-refractivity contribution >= 4 is 5.91 Å². The molecule has 0 aromatic heterocycles. The zero-order chi connectivity index (χ0) is 12.1. The first-order chi connectivity index (χ1) is 8.24. The Kier molecular flexibility index (Phi) is 4.43. The largest absolute Gasteiger partial charge is 0.352 e. The molecule has 0 aromatic rings. The third-order valence-corrected chi connectivity index (χ3v) is 4.24. The summed E-state index contributed by atoms with van der Waals surface area (Å²) < 4.78 is 0. The minimum Gasteiger partial charge on any atom is -0.352 e. The molecule has 0 atom stereocenters. The van der Waals surface area contributed by atoms with Gasteiger partial charge in [0.1, 0.15) is 0 Å². The maximum atomic E-state index is 11.7. The number of carbonyl (C=O) groups is 1. The topological polar surface area (TPSA) is 41.1 Å². The minimum atomic E-state index is 0.184. The van der Waals surface area contributed by atoms with E-state index >= 15 is 0 Å². The molecule has 0 heterocycles. The smallest absolute Gasteiger partial charge is 0.234 e. The molecule has 0 bridgehead atoms. The summed E-state index contributed by atoms with van der Waals surface area (Å²) in [6, 6.07) is 0.454. The molecule has 2 rings (SSSR count). The van der Waals surface area contributed by atoms with Crippen LogP contribution in [0.1, 0.15) is 58.3 Å². The molecule has 0 radical (unpaired) electrons. The predicted molar refractivity (Wildman–Crippen MR) is 69.8 cm³/mol. The molecule has 0 aliphatic heterocycles. The number of hydrogen-bond acceptors (Lipinski definition) is 2. The molecular formula is C14H26N2O. The molecule has 2 aliphatic rings. The van der Waals surface area contributed by atoms with E-state index in [2.05, 4.69) is 17.6 Å². The number of rotatable bonds is 7. The van der Waals surface area contributed by atoms with Crippen LogP contribution in [0.4, 0.5) is 0 Å². The standard InChI is InChI=1S/C14H26N2O/c1-2-7-14(8-9-14)11-15-10-13(17)16-12-5-3-4-6-12/h12,15H,2-11H2,1H3,(H,16,17).